The quantitative estimate of drug-likeness (QED) is 0.264. The van der Waals surface area contributed by atoms with Crippen LogP contribution in [-0.4, -0.2) is 64.8 Å². The lowest BCUT2D eigenvalue weighted by molar-refractivity contribution is -0.212. The van der Waals surface area contributed by atoms with Crippen LogP contribution in [0.3, 0.4) is 0 Å². The maximum absolute atomic E-state index is 12.9. The molecule has 0 amide bonds. The zero-order chi connectivity index (χ0) is 30.2. The van der Waals surface area contributed by atoms with Gasteiger partial charge in [0.2, 0.25) is 0 Å². The van der Waals surface area contributed by atoms with Crippen LogP contribution in [0.2, 0.25) is 0 Å². The number of hydrogen-bond acceptors (Lipinski definition) is 10. The Morgan fingerprint density at radius 1 is 0.953 bits per heavy atom. The molecule has 2 aliphatic rings. The molecule has 16 heteroatoms. The molecular formula is C27H26F3N9O3S. The number of alkyl halides is 3. The van der Waals surface area contributed by atoms with Crippen LogP contribution in [0.4, 0.5) is 30.5 Å². The van der Waals surface area contributed by atoms with E-state index in [1.807, 2.05) is 0 Å². The van der Waals surface area contributed by atoms with Gasteiger partial charge in [-0.15, -0.1) is 13.2 Å². The van der Waals surface area contributed by atoms with Crippen LogP contribution in [0.5, 0.6) is 0 Å². The van der Waals surface area contributed by atoms with Crippen molar-refractivity contribution in [2.45, 2.75) is 62.2 Å². The Hall–Kier alpha value is -4.49. The van der Waals surface area contributed by atoms with Gasteiger partial charge >= 0.3 is 6.30 Å². The van der Waals surface area contributed by atoms with Crippen molar-refractivity contribution in [3.8, 4) is 23.2 Å². The highest BCUT2D eigenvalue weighted by atomic mass is 32.2. The highest BCUT2D eigenvalue weighted by Crippen LogP contribution is 2.31. The van der Waals surface area contributed by atoms with Gasteiger partial charge in [0.25, 0.3) is 10.0 Å². The third kappa shape index (κ3) is 6.62. The van der Waals surface area contributed by atoms with Gasteiger partial charge in [-0.1, -0.05) is 11.8 Å². The summed E-state index contributed by atoms with van der Waals surface area (Å²) in [6, 6.07) is 3.40. The van der Waals surface area contributed by atoms with E-state index in [1.165, 1.54) is 24.8 Å². The van der Waals surface area contributed by atoms with Crippen LogP contribution < -0.4 is 10.6 Å². The Bertz CT molecular complexity index is 1800. The van der Waals surface area contributed by atoms with E-state index in [0.717, 1.165) is 29.3 Å². The monoisotopic (exact) mass is 613 g/mol. The second-order valence-corrected chi connectivity index (χ2v) is 12.5. The van der Waals surface area contributed by atoms with E-state index in [1.54, 1.807) is 12.1 Å². The molecule has 0 atom stereocenters. The van der Waals surface area contributed by atoms with Crippen LogP contribution in [-0.2, 0) is 16.3 Å². The fraction of sp³-hybridized carbons (Fsp3) is 0.370. The summed E-state index contributed by atoms with van der Waals surface area (Å²) in [5.41, 5.74) is 1.59. The summed E-state index contributed by atoms with van der Waals surface area (Å²) in [5.74, 6) is 6.66. The zero-order valence-electron chi connectivity index (χ0n) is 22.5. The summed E-state index contributed by atoms with van der Waals surface area (Å²) in [6.07, 6.45) is 6.67. The van der Waals surface area contributed by atoms with Gasteiger partial charge in [-0.3, -0.25) is 0 Å². The van der Waals surface area contributed by atoms with Crippen molar-refractivity contribution in [2.24, 2.45) is 0 Å². The zero-order valence-corrected chi connectivity index (χ0v) is 23.3. The summed E-state index contributed by atoms with van der Waals surface area (Å²) in [4.78, 5) is 13.1. The summed E-state index contributed by atoms with van der Waals surface area (Å²) < 4.78 is 64.6. The third-order valence-electron chi connectivity index (χ3n) is 7.08. The summed E-state index contributed by atoms with van der Waals surface area (Å²) in [6.45, 7) is 0. The highest BCUT2D eigenvalue weighted by molar-refractivity contribution is 7.90. The lowest BCUT2D eigenvalue weighted by Crippen LogP contribution is -2.28. The van der Waals surface area contributed by atoms with Gasteiger partial charge in [0.15, 0.2) is 5.82 Å². The first kappa shape index (κ1) is 28.6. The van der Waals surface area contributed by atoms with Gasteiger partial charge in [-0.05, 0) is 44.6 Å². The number of aromatic nitrogens is 7. The van der Waals surface area contributed by atoms with Gasteiger partial charge in [-0.25, -0.2) is 23.4 Å². The van der Waals surface area contributed by atoms with Crippen molar-refractivity contribution in [3.63, 3.8) is 0 Å². The van der Waals surface area contributed by atoms with Crippen LogP contribution in [0.15, 0.2) is 49.3 Å². The van der Waals surface area contributed by atoms with Crippen molar-refractivity contribution in [1.29, 1.82) is 0 Å². The topological polar surface area (TPSA) is 153 Å². The van der Waals surface area contributed by atoms with E-state index < -0.39 is 21.6 Å². The molecule has 4 aromatic rings. The first-order valence-corrected chi connectivity index (χ1v) is 15.0. The molecule has 0 spiro atoms. The molecule has 0 radical (unpaired) electrons. The van der Waals surface area contributed by atoms with Crippen LogP contribution in [0.1, 0.15) is 49.7 Å². The Labute approximate surface area is 244 Å². The van der Waals surface area contributed by atoms with E-state index in [9.17, 15) is 26.7 Å². The van der Waals surface area contributed by atoms with Crippen molar-refractivity contribution < 1.29 is 26.7 Å². The summed E-state index contributed by atoms with van der Waals surface area (Å²) in [5, 5.41) is 23.3. The molecule has 2 saturated carbocycles. The second-order valence-electron chi connectivity index (χ2n) is 10.4. The number of nitrogens with zero attached hydrogens (tertiary/aromatic N) is 7. The van der Waals surface area contributed by atoms with E-state index in [0.29, 0.717) is 54.1 Å². The lowest BCUT2D eigenvalue weighted by Gasteiger charge is -2.27. The number of aliphatic hydroxyl groups is 1. The Kier molecular flexibility index (Phi) is 7.52. The summed E-state index contributed by atoms with van der Waals surface area (Å²) in [7, 11) is -3.53. The number of rotatable bonds is 7. The van der Waals surface area contributed by atoms with Crippen molar-refractivity contribution in [2.75, 3.05) is 10.6 Å². The molecule has 224 valence electrons. The van der Waals surface area contributed by atoms with E-state index in [4.69, 9.17) is 0 Å². The number of hydrogen-bond donors (Lipinski definition) is 3. The van der Waals surface area contributed by atoms with E-state index >= 15 is 0 Å². The van der Waals surface area contributed by atoms with Gasteiger partial charge in [0.05, 0.1) is 52.3 Å². The third-order valence-corrected chi connectivity index (χ3v) is 9.12. The molecular weight excluding hydrogens is 587 g/mol. The molecule has 0 bridgehead atoms. The minimum Gasteiger partial charge on any atom is -0.393 e. The molecule has 4 heterocycles. The molecule has 4 aromatic heterocycles. The van der Waals surface area contributed by atoms with Crippen molar-refractivity contribution in [1.82, 2.24) is 33.9 Å². The fourth-order valence-electron chi connectivity index (χ4n) is 4.62. The standard InChI is InChI=1S/C27H26F3N9O3S/c28-27(29,30)38-15-17(12-33-38)1-2-18-13-32-25(11-23(18)35-20-3-5-21(40)6-4-20)36-24-9-10-31-26(37-24)19-14-34-39(16-19)43(41,42)22-7-8-22/h9-16,20-22,40H,3-8H2,(H2,31,32,35,36,37). The largest absolute Gasteiger partial charge is 0.504 e. The number of pyridine rings is 1. The van der Waals surface area contributed by atoms with E-state index in [2.05, 4.69) is 47.6 Å². The Morgan fingerprint density at radius 2 is 1.74 bits per heavy atom. The average Bonchev–Trinajstić information content (AvgIpc) is 3.51. The van der Waals surface area contributed by atoms with Crippen molar-refractivity contribution in [3.05, 3.63) is 60.4 Å². The number of halogens is 3. The molecule has 2 fully saturated rings. The normalized spacial score (nSPS) is 19.0. The molecule has 0 aliphatic heterocycles. The maximum atomic E-state index is 12.9. The predicted molar refractivity (Wildman–Crippen MR) is 150 cm³/mol. The minimum atomic E-state index is -4.64. The van der Waals surface area contributed by atoms with Gasteiger partial charge in [-0.2, -0.15) is 19.0 Å². The Balaban J connectivity index is 1.24. The predicted octanol–water partition coefficient (Wildman–Crippen LogP) is 3.61. The van der Waals surface area contributed by atoms with Gasteiger partial charge in [0, 0.05) is 30.7 Å². The molecule has 3 N–H and O–H groups in total. The average molecular weight is 614 g/mol. The lowest BCUT2D eigenvalue weighted by atomic mass is 9.93. The molecule has 6 rings (SSSR count). The molecule has 12 nitrogen and oxygen atoms in total. The summed E-state index contributed by atoms with van der Waals surface area (Å²) >= 11 is 0. The van der Waals surface area contributed by atoms with Crippen LogP contribution >= 0.6 is 0 Å². The SMILES string of the molecule is O=S(=O)(C1CC1)n1cc(-c2nccc(Nc3cc(NC4CCC(O)CC4)c(C#Cc4cnn(C(F)(F)F)c4)cn3)n2)cn1. The smallest absolute Gasteiger partial charge is 0.393 e. The number of nitrogens with one attached hydrogen (secondary N) is 2. The second kappa shape index (κ2) is 11.3. The highest BCUT2D eigenvalue weighted by Gasteiger charge is 2.37. The van der Waals surface area contributed by atoms with Crippen molar-refractivity contribution >= 4 is 27.3 Å². The maximum Gasteiger partial charge on any atom is 0.504 e. The van der Waals surface area contributed by atoms with Gasteiger partial charge < -0.3 is 15.7 Å². The van der Waals surface area contributed by atoms with E-state index in [-0.39, 0.29) is 28.2 Å². The van der Waals surface area contributed by atoms with Crippen LogP contribution in [0.25, 0.3) is 11.4 Å². The molecule has 2 aliphatic carbocycles. The Morgan fingerprint density at radius 3 is 2.47 bits per heavy atom. The van der Waals surface area contributed by atoms with Crippen LogP contribution in [0, 0.1) is 11.8 Å². The molecule has 0 unspecified atom stereocenters. The minimum absolute atomic E-state index is 0.0567. The first-order chi connectivity index (χ1) is 20.5. The van der Waals surface area contributed by atoms with Gasteiger partial charge in [0.1, 0.15) is 11.6 Å². The number of aliphatic hydroxyl groups excluding tert-OH is 1. The number of anilines is 3. The molecule has 43 heavy (non-hydrogen) atoms. The fourth-order valence-corrected chi connectivity index (χ4v) is 6.10. The molecule has 0 aromatic carbocycles. The first-order valence-electron chi connectivity index (χ1n) is 13.5. The molecule has 0 saturated heterocycles.